The van der Waals surface area contributed by atoms with Crippen LogP contribution in [0.3, 0.4) is 0 Å². The van der Waals surface area contributed by atoms with E-state index in [0.29, 0.717) is 13.0 Å². The molecule has 36 heavy (non-hydrogen) atoms. The van der Waals surface area contributed by atoms with Crippen molar-refractivity contribution >= 4 is 11.8 Å². The predicted molar refractivity (Wildman–Crippen MR) is 134 cm³/mol. The van der Waals surface area contributed by atoms with Crippen LogP contribution in [0.2, 0.25) is 0 Å². The van der Waals surface area contributed by atoms with Gasteiger partial charge in [-0.2, -0.15) is 5.10 Å². The van der Waals surface area contributed by atoms with Crippen LogP contribution in [0.25, 0.3) is 16.9 Å². The minimum atomic E-state index is -0.133. The van der Waals surface area contributed by atoms with E-state index in [1.165, 1.54) is 4.68 Å². The number of unbranched alkanes of at least 4 members (excludes halogenated alkanes) is 2. The molecule has 3 N–H and O–H groups in total. The number of aromatic nitrogens is 7. The van der Waals surface area contributed by atoms with E-state index in [0.717, 1.165) is 48.5 Å². The Kier molecular flexibility index (Phi) is 8.57. The van der Waals surface area contributed by atoms with Crippen LogP contribution in [0.15, 0.2) is 61.3 Å². The van der Waals surface area contributed by atoms with Crippen molar-refractivity contribution in [3.8, 4) is 16.9 Å². The van der Waals surface area contributed by atoms with E-state index in [9.17, 15) is 9.59 Å². The molecule has 4 rings (SSSR count). The van der Waals surface area contributed by atoms with Gasteiger partial charge in [0.2, 0.25) is 11.8 Å². The largest absolute Gasteiger partial charge is 0.359 e. The van der Waals surface area contributed by atoms with Crippen molar-refractivity contribution in [2.75, 3.05) is 13.6 Å². The number of H-pyrrole nitrogens is 1. The number of imidazole rings is 1. The zero-order chi connectivity index (χ0) is 25.2. The maximum absolute atomic E-state index is 12.4. The molecule has 11 heteroatoms. The lowest BCUT2D eigenvalue weighted by Gasteiger charge is -2.16. The molecule has 0 spiro atoms. The smallest absolute Gasteiger partial charge is 0.241 e. The standard InChI is InChI=1S/C25H31N9O2/c1-26-23(35)7-4-2-3-6-20(16-27-24(36)18-33-15-13-29-32-33)25-28-17-22(31-25)19-8-10-21(11-9-19)34-14-5-12-30-34/h5,8-15,17,20H,2-4,6-7,16,18H2,1H3,(H,26,35)(H,27,36)(H,28,31). The fourth-order valence-corrected chi connectivity index (χ4v) is 3.98. The third-order valence-electron chi connectivity index (χ3n) is 5.99. The minimum absolute atomic E-state index is 0.0156. The Morgan fingerprint density at radius 3 is 2.64 bits per heavy atom. The van der Waals surface area contributed by atoms with Crippen LogP contribution in [0, 0.1) is 0 Å². The van der Waals surface area contributed by atoms with Gasteiger partial charge in [-0.15, -0.1) is 5.10 Å². The lowest BCUT2D eigenvalue weighted by atomic mass is 9.99. The van der Waals surface area contributed by atoms with E-state index in [-0.39, 0.29) is 24.3 Å². The van der Waals surface area contributed by atoms with Crippen molar-refractivity contribution in [2.45, 2.75) is 44.6 Å². The number of carbonyl (C=O) groups excluding carboxylic acids is 2. The van der Waals surface area contributed by atoms with Gasteiger partial charge in [0, 0.05) is 44.5 Å². The quantitative estimate of drug-likeness (QED) is 0.247. The van der Waals surface area contributed by atoms with Gasteiger partial charge in [0.25, 0.3) is 0 Å². The molecule has 2 amide bonds. The Bertz CT molecular complexity index is 1210. The third kappa shape index (κ3) is 6.87. The van der Waals surface area contributed by atoms with Crippen molar-refractivity contribution in [1.82, 2.24) is 45.4 Å². The Morgan fingerprint density at radius 2 is 1.92 bits per heavy atom. The van der Waals surface area contributed by atoms with Crippen LogP contribution in [0.5, 0.6) is 0 Å². The Balaban J connectivity index is 1.39. The Morgan fingerprint density at radius 1 is 1.06 bits per heavy atom. The summed E-state index contributed by atoms with van der Waals surface area (Å²) in [4.78, 5) is 32.0. The number of amides is 2. The third-order valence-corrected chi connectivity index (χ3v) is 5.99. The monoisotopic (exact) mass is 489 g/mol. The summed E-state index contributed by atoms with van der Waals surface area (Å²) in [6.07, 6.45) is 12.7. The highest BCUT2D eigenvalue weighted by atomic mass is 16.2. The first-order valence-electron chi connectivity index (χ1n) is 12.1. The van der Waals surface area contributed by atoms with E-state index in [2.05, 4.69) is 36.0 Å². The second-order valence-corrected chi connectivity index (χ2v) is 8.55. The molecular formula is C25H31N9O2. The fourth-order valence-electron chi connectivity index (χ4n) is 3.98. The van der Waals surface area contributed by atoms with Crippen molar-refractivity contribution in [3.63, 3.8) is 0 Å². The van der Waals surface area contributed by atoms with E-state index in [4.69, 9.17) is 0 Å². The number of hydrogen-bond donors (Lipinski definition) is 3. The lowest BCUT2D eigenvalue weighted by molar-refractivity contribution is -0.122. The first kappa shape index (κ1) is 24.8. The molecule has 0 aliphatic rings. The first-order chi connectivity index (χ1) is 17.6. The predicted octanol–water partition coefficient (Wildman–Crippen LogP) is 2.45. The van der Waals surface area contributed by atoms with E-state index in [1.54, 1.807) is 25.6 Å². The molecule has 11 nitrogen and oxygen atoms in total. The van der Waals surface area contributed by atoms with Crippen LogP contribution in [-0.2, 0) is 16.1 Å². The lowest BCUT2D eigenvalue weighted by Crippen LogP contribution is -2.32. The summed E-state index contributed by atoms with van der Waals surface area (Å²) in [5.74, 6) is 0.766. The molecule has 1 atom stereocenters. The number of carbonyl (C=O) groups is 2. The second-order valence-electron chi connectivity index (χ2n) is 8.55. The first-order valence-corrected chi connectivity index (χ1v) is 12.1. The topological polar surface area (TPSA) is 135 Å². The average molecular weight is 490 g/mol. The van der Waals surface area contributed by atoms with Crippen molar-refractivity contribution < 1.29 is 9.59 Å². The highest BCUT2D eigenvalue weighted by Crippen LogP contribution is 2.24. The fraction of sp³-hybridized carbons (Fsp3) is 0.360. The van der Waals surface area contributed by atoms with Crippen LogP contribution in [-0.4, -0.2) is 60.1 Å². The van der Waals surface area contributed by atoms with E-state index < -0.39 is 0 Å². The molecule has 0 aliphatic heterocycles. The summed E-state index contributed by atoms with van der Waals surface area (Å²) in [7, 11) is 1.65. The van der Waals surface area contributed by atoms with E-state index in [1.807, 2.05) is 47.4 Å². The van der Waals surface area contributed by atoms with Gasteiger partial charge in [-0.05, 0) is 36.6 Å². The number of nitrogens with zero attached hydrogens (tertiary/aromatic N) is 6. The molecule has 0 radical (unpaired) electrons. The van der Waals surface area contributed by atoms with Crippen molar-refractivity contribution in [1.29, 1.82) is 0 Å². The summed E-state index contributed by atoms with van der Waals surface area (Å²) >= 11 is 0. The van der Waals surface area contributed by atoms with Gasteiger partial charge < -0.3 is 15.6 Å². The zero-order valence-electron chi connectivity index (χ0n) is 20.3. The van der Waals surface area contributed by atoms with Crippen molar-refractivity contribution in [3.05, 3.63) is 67.1 Å². The number of aromatic amines is 1. The summed E-state index contributed by atoms with van der Waals surface area (Å²) in [5.41, 5.74) is 2.91. The Hall–Kier alpha value is -4.28. The molecule has 0 saturated heterocycles. The highest BCUT2D eigenvalue weighted by molar-refractivity contribution is 5.75. The molecule has 0 bridgehead atoms. The SMILES string of the molecule is CNC(=O)CCCCCC(CNC(=O)Cn1ccnn1)c1ncc(-c2ccc(-n3cccn3)cc2)[nH]1. The van der Waals surface area contributed by atoms with Gasteiger partial charge in [0.05, 0.1) is 23.8 Å². The van der Waals surface area contributed by atoms with Gasteiger partial charge in [0.15, 0.2) is 0 Å². The van der Waals surface area contributed by atoms with Crippen molar-refractivity contribution in [2.24, 2.45) is 0 Å². The van der Waals surface area contributed by atoms with Gasteiger partial charge in [-0.3, -0.25) is 9.59 Å². The molecule has 0 fully saturated rings. The summed E-state index contributed by atoms with van der Waals surface area (Å²) in [6, 6.07) is 9.97. The van der Waals surface area contributed by atoms with Crippen LogP contribution < -0.4 is 10.6 Å². The molecule has 0 aliphatic carbocycles. The highest BCUT2D eigenvalue weighted by Gasteiger charge is 2.17. The molecular weight excluding hydrogens is 458 g/mol. The molecule has 1 aromatic carbocycles. The zero-order valence-corrected chi connectivity index (χ0v) is 20.3. The normalized spacial score (nSPS) is 11.8. The minimum Gasteiger partial charge on any atom is -0.359 e. The average Bonchev–Trinajstić information content (AvgIpc) is 3.68. The van der Waals surface area contributed by atoms with Crippen LogP contribution in [0.4, 0.5) is 0 Å². The molecule has 4 aromatic rings. The number of nitrogens with one attached hydrogen (secondary N) is 3. The number of hydrogen-bond acceptors (Lipinski definition) is 6. The van der Waals surface area contributed by atoms with E-state index >= 15 is 0 Å². The van der Waals surface area contributed by atoms with Gasteiger partial charge in [-0.25, -0.2) is 14.3 Å². The van der Waals surface area contributed by atoms with Crippen LogP contribution >= 0.6 is 0 Å². The van der Waals surface area contributed by atoms with Gasteiger partial charge in [-0.1, -0.05) is 30.2 Å². The molecule has 3 heterocycles. The maximum atomic E-state index is 12.4. The maximum Gasteiger partial charge on any atom is 0.241 e. The van der Waals surface area contributed by atoms with Crippen LogP contribution in [0.1, 0.15) is 43.8 Å². The Labute approximate surface area is 209 Å². The van der Waals surface area contributed by atoms with Gasteiger partial charge in [0.1, 0.15) is 12.4 Å². The molecule has 1 unspecified atom stereocenters. The van der Waals surface area contributed by atoms with Gasteiger partial charge >= 0.3 is 0 Å². The second kappa shape index (κ2) is 12.4. The number of benzene rings is 1. The summed E-state index contributed by atoms with van der Waals surface area (Å²) in [5, 5.41) is 17.5. The summed E-state index contributed by atoms with van der Waals surface area (Å²) in [6.45, 7) is 0.568. The molecule has 3 aromatic heterocycles. The summed E-state index contributed by atoms with van der Waals surface area (Å²) < 4.78 is 3.30. The molecule has 188 valence electrons. The number of rotatable bonds is 13. The molecule has 0 saturated carbocycles.